The van der Waals surface area contributed by atoms with Gasteiger partial charge in [0, 0.05) is 12.5 Å². The summed E-state index contributed by atoms with van der Waals surface area (Å²) in [6.07, 6.45) is 1.86. The Bertz CT molecular complexity index is 475. The minimum absolute atomic E-state index is 0.242. The third kappa shape index (κ3) is 2.88. The first kappa shape index (κ1) is 11.7. The van der Waals surface area contributed by atoms with Crippen molar-refractivity contribution in [3.05, 3.63) is 23.6 Å². The Morgan fingerprint density at radius 3 is 2.94 bits per heavy atom. The molecule has 0 spiro atoms. The molecule has 0 saturated carbocycles. The molecule has 0 bridgehead atoms. The van der Waals surface area contributed by atoms with E-state index in [0.29, 0.717) is 24.8 Å². The Labute approximate surface area is 99.2 Å². The van der Waals surface area contributed by atoms with Gasteiger partial charge in [0.25, 0.3) is 0 Å². The number of aromatic nitrogens is 5. The highest BCUT2D eigenvalue weighted by Gasteiger charge is 2.10. The van der Waals surface area contributed by atoms with E-state index in [2.05, 4.69) is 25.8 Å². The van der Waals surface area contributed by atoms with Crippen LogP contribution in [0.25, 0.3) is 0 Å². The van der Waals surface area contributed by atoms with Crippen LogP contribution in [-0.2, 0) is 13.1 Å². The molecule has 0 saturated heterocycles. The van der Waals surface area contributed by atoms with Crippen molar-refractivity contribution < 1.29 is 4.52 Å². The van der Waals surface area contributed by atoms with Crippen LogP contribution in [0.1, 0.15) is 37.2 Å². The summed E-state index contributed by atoms with van der Waals surface area (Å²) in [4.78, 5) is 4.28. The minimum atomic E-state index is 0.242. The van der Waals surface area contributed by atoms with Crippen molar-refractivity contribution in [2.75, 3.05) is 7.05 Å². The number of hydrogen-bond acceptors (Lipinski definition) is 6. The Balaban J connectivity index is 2.03. The molecule has 0 radical (unpaired) electrons. The van der Waals surface area contributed by atoms with Crippen LogP contribution in [0, 0.1) is 0 Å². The van der Waals surface area contributed by atoms with E-state index in [-0.39, 0.29) is 5.92 Å². The summed E-state index contributed by atoms with van der Waals surface area (Å²) in [6.45, 7) is 5.20. The van der Waals surface area contributed by atoms with E-state index in [1.807, 2.05) is 27.1 Å². The summed E-state index contributed by atoms with van der Waals surface area (Å²) in [5, 5.41) is 14.9. The zero-order chi connectivity index (χ0) is 12.3. The van der Waals surface area contributed by atoms with Crippen molar-refractivity contribution in [2.45, 2.75) is 32.9 Å². The summed E-state index contributed by atoms with van der Waals surface area (Å²) in [6, 6.07) is 0. The van der Waals surface area contributed by atoms with Crippen LogP contribution in [-0.4, -0.2) is 32.2 Å². The van der Waals surface area contributed by atoms with Gasteiger partial charge in [-0.3, -0.25) is 0 Å². The summed E-state index contributed by atoms with van der Waals surface area (Å²) in [5.74, 6) is 1.51. The number of nitrogens with zero attached hydrogens (tertiary/aromatic N) is 5. The summed E-state index contributed by atoms with van der Waals surface area (Å²) in [7, 11) is 1.87. The van der Waals surface area contributed by atoms with Gasteiger partial charge in [-0.15, -0.1) is 5.10 Å². The Morgan fingerprint density at radius 1 is 1.47 bits per heavy atom. The van der Waals surface area contributed by atoms with E-state index < -0.39 is 0 Å². The number of hydrogen-bond donors (Lipinski definition) is 1. The molecule has 1 N–H and O–H groups in total. The predicted octanol–water partition coefficient (Wildman–Crippen LogP) is 0.552. The molecule has 2 rings (SSSR count). The SMILES string of the molecule is CNCc1cn(Cc2noc(C(C)C)n2)nn1. The first-order valence-electron chi connectivity index (χ1n) is 5.55. The third-order valence-electron chi connectivity index (χ3n) is 2.23. The quantitative estimate of drug-likeness (QED) is 0.816. The normalized spacial score (nSPS) is 11.3. The molecular weight excluding hydrogens is 220 g/mol. The maximum absolute atomic E-state index is 5.12. The van der Waals surface area contributed by atoms with Crippen molar-refractivity contribution in [2.24, 2.45) is 0 Å². The molecule has 2 heterocycles. The van der Waals surface area contributed by atoms with Gasteiger partial charge >= 0.3 is 0 Å². The lowest BCUT2D eigenvalue weighted by atomic mass is 10.2. The van der Waals surface area contributed by atoms with Crippen molar-refractivity contribution in [3.63, 3.8) is 0 Å². The van der Waals surface area contributed by atoms with Gasteiger partial charge < -0.3 is 9.84 Å². The fourth-order valence-corrected chi connectivity index (χ4v) is 1.39. The summed E-state index contributed by atoms with van der Waals surface area (Å²) in [5.41, 5.74) is 0.889. The van der Waals surface area contributed by atoms with Gasteiger partial charge in [0.1, 0.15) is 6.54 Å². The predicted molar refractivity (Wildman–Crippen MR) is 60.3 cm³/mol. The van der Waals surface area contributed by atoms with E-state index in [9.17, 15) is 0 Å². The third-order valence-corrected chi connectivity index (χ3v) is 2.23. The zero-order valence-electron chi connectivity index (χ0n) is 10.2. The molecular formula is C10H16N6O. The van der Waals surface area contributed by atoms with Crippen LogP contribution in [0.3, 0.4) is 0 Å². The monoisotopic (exact) mass is 236 g/mol. The maximum atomic E-state index is 5.12. The highest BCUT2D eigenvalue weighted by Crippen LogP contribution is 2.11. The van der Waals surface area contributed by atoms with Crippen molar-refractivity contribution in [3.8, 4) is 0 Å². The molecule has 0 unspecified atom stereocenters. The smallest absolute Gasteiger partial charge is 0.229 e. The Kier molecular flexibility index (Phi) is 3.48. The molecule has 0 aliphatic carbocycles. The van der Waals surface area contributed by atoms with Gasteiger partial charge in [-0.05, 0) is 7.05 Å². The van der Waals surface area contributed by atoms with E-state index in [1.54, 1.807) is 4.68 Å². The van der Waals surface area contributed by atoms with Gasteiger partial charge in [0.2, 0.25) is 5.89 Å². The number of nitrogens with one attached hydrogen (secondary N) is 1. The molecule has 7 heteroatoms. The van der Waals surface area contributed by atoms with E-state index >= 15 is 0 Å². The molecule has 2 aromatic rings. The molecule has 17 heavy (non-hydrogen) atoms. The second kappa shape index (κ2) is 5.05. The van der Waals surface area contributed by atoms with Crippen LogP contribution in [0.15, 0.2) is 10.7 Å². The first-order valence-corrected chi connectivity index (χ1v) is 5.55. The summed E-state index contributed by atoms with van der Waals surface area (Å²) >= 11 is 0. The van der Waals surface area contributed by atoms with E-state index in [4.69, 9.17) is 4.52 Å². The Hall–Kier alpha value is -1.76. The van der Waals surface area contributed by atoms with Crippen LogP contribution in [0.5, 0.6) is 0 Å². The fraction of sp³-hybridized carbons (Fsp3) is 0.600. The zero-order valence-corrected chi connectivity index (χ0v) is 10.2. The summed E-state index contributed by atoms with van der Waals surface area (Å²) < 4.78 is 6.81. The second-order valence-corrected chi connectivity index (χ2v) is 4.14. The molecule has 92 valence electrons. The molecule has 7 nitrogen and oxygen atoms in total. The molecule has 0 aliphatic rings. The van der Waals surface area contributed by atoms with E-state index in [1.165, 1.54) is 0 Å². The lowest BCUT2D eigenvalue weighted by Crippen LogP contribution is -2.05. The van der Waals surface area contributed by atoms with Crippen molar-refractivity contribution >= 4 is 0 Å². The van der Waals surface area contributed by atoms with Gasteiger partial charge in [0.15, 0.2) is 5.82 Å². The molecule has 2 aromatic heterocycles. The first-order chi connectivity index (χ1) is 8.19. The molecule has 0 aromatic carbocycles. The molecule has 0 fully saturated rings. The lowest BCUT2D eigenvalue weighted by Gasteiger charge is -1.94. The standard InChI is InChI=1S/C10H16N6O/c1-7(2)10-12-9(14-17-10)6-16-5-8(4-11-3)13-15-16/h5,7,11H,4,6H2,1-3H3. The minimum Gasteiger partial charge on any atom is -0.339 e. The molecule has 0 aliphatic heterocycles. The highest BCUT2D eigenvalue weighted by molar-refractivity contribution is 4.95. The highest BCUT2D eigenvalue weighted by atomic mass is 16.5. The molecule has 0 amide bonds. The fourth-order valence-electron chi connectivity index (χ4n) is 1.39. The van der Waals surface area contributed by atoms with E-state index in [0.717, 1.165) is 5.69 Å². The maximum Gasteiger partial charge on any atom is 0.229 e. The van der Waals surface area contributed by atoms with Crippen molar-refractivity contribution in [1.82, 2.24) is 30.5 Å². The Morgan fingerprint density at radius 2 is 2.29 bits per heavy atom. The average Bonchev–Trinajstić information content (AvgIpc) is 2.89. The van der Waals surface area contributed by atoms with Gasteiger partial charge in [-0.25, -0.2) is 4.68 Å². The second-order valence-electron chi connectivity index (χ2n) is 4.14. The lowest BCUT2D eigenvalue weighted by molar-refractivity contribution is 0.359. The average molecular weight is 236 g/mol. The van der Waals surface area contributed by atoms with Gasteiger partial charge in [0.05, 0.1) is 11.9 Å². The van der Waals surface area contributed by atoms with Crippen molar-refractivity contribution in [1.29, 1.82) is 0 Å². The topological polar surface area (TPSA) is 81.7 Å². The van der Waals surface area contributed by atoms with Crippen LogP contribution in [0.4, 0.5) is 0 Å². The van der Waals surface area contributed by atoms with Crippen LogP contribution >= 0.6 is 0 Å². The molecule has 0 atom stereocenters. The van der Waals surface area contributed by atoms with Gasteiger partial charge in [-0.1, -0.05) is 24.2 Å². The van der Waals surface area contributed by atoms with Crippen LogP contribution in [0.2, 0.25) is 0 Å². The van der Waals surface area contributed by atoms with Gasteiger partial charge in [-0.2, -0.15) is 4.98 Å². The number of rotatable bonds is 5. The largest absolute Gasteiger partial charge is 0.339 e. The van der Waals surface area contributed by atoms with Crippen LogP contribution < -0.4 is 5.32 Å².